The molecule has 0 spiro atoms. The molecule has 3 rings (SSSR count). The number of benzene rings is 1. The first-order valence-corrected chi connectivity index (χ1v) is 7.26. The number of anilines is 1. The molecular weight excluding hydrogens is 300 g/mol. The molecule has 0 saturated carbocycles. The number of halogens is 1. The van der Waals surface area contributed by atoms with Crippen molar-refractivity contribution in [3.63, 3.8) is 0 Å². The third-order valence-electron chi connectivity index (χ3n) is 3.67. The van der Waals surface area contributed by atoms with Gasteiger partial charge < -0.3 is 14.8 Å². The summed E-state index contributed by atoms with van der Waals surface area (Å²) in [6.07, 6.45) is 1.75. The topological polar surface area (TPSA) is 53.7 Å². The van der Waals surface area contributed by atoms with Gasteiger partial charge in [0.2, 0.25) is 0 Å². The number of nitrogens with one attached hydrogen (secondary N) is 1. The van der Waals surface area contributed by atoms with E-state index in [0.717, 1.165) is 16.6 Å². The number of carboxylic acids is 1. The Kier molecular flexibility index (Phi) is 3.77. The number of nitrogens with zero attached hydrogens (tertiary/aromatic N) is 1. The van der Waals surface area contributed by atoms with Crippen LogP contribution in [-0.4, -0.2) is 15.5 Å². The van der Waals surface area contributed by atoms with E-state index in [2.05, 4.69) is 5.32 Å². The van der Waals surface area contributed by atoms with E-state index in [1.165, 1.54) is 0 Å². The Balaban J connectivity index is 1.93. The van der Waals surface area contributed by atoms with Gasteiger partial charge in [-0.25, -0.2) is 4.79 Å². The van der Waals surface area contributed by atoms with Gasteiger partial charge in [-0.1, -0.05) is 17.7 Å². The number of hydrogen-bond donors (Lipinski definition) is 2. The van der Waals surface area contributed by atoms with Gasteiger partial charge >= 0.3 is 5.97 Å². The molecule has 2 N–H and O–H groups in total. The third kappa shape index (κ3) is 2.65. The fourth-order valence-corrected chi connectivity index (χ4v) is 2.75. The molecule has 0 aliphatic carbocycles. The van der Waals surface area contributed by atoms with E-state index in [9.17, 15) is 9.90 Å². The minimum Gasteiger partial charge on any atom is -0.476 e. The highest BCUT2D eigenvalue weighted by Gasteiger charge is 2.14. The third-order valence-corrected chi connectivity index (χ3v) is 3.91. The molecule has 0 aliphatic rings. The van der Waals surface area contributed by atoms with E-state index in [4.69, 9.17) is 11.6 Å². The first-order chi connectivity index (χ1) is 10.6. The van der Waals surface area contributed by atoms with Crippen LogP contribution in [0.4, 0.5) is 5.69 Å². The summed E-state index contributed by atoms with van der Waals surface area (Å²) in [5.41, 5.74) is 3.82. The second kappa shape index (κ2) is 5.73. The average molecular weight is 315 g/mol. The molecule has 0 atom stereocenters. The molecule has 0 bridgehead atoms. The van der Waals surface area contributed by atoms with Crippen molar-refractivity contribution in [1.29, 1.82) is 0 Å². The van der Waals surface area contributed by atoms with Gasteiger partial charge in [0.25, 0.3) is 0 Å². The first kappa shape index (κ1) is 14.5. The van der Waals surface area contributed by atoms with Gasteiger partial charge in [0.05, 0.1) is 5.69 Å². The zero-order valence-electron chi connectivity index (χ0n) is 12.0. The summed E-state index contributed by atoms with van der Waals surface area (Å²) in [6, 6.07) is 13.1. The SMILES string of the molecule is Cc1cc(Cl)ccc1CNc1ccc2cccn2c1C(=O)O. The van der Waals surface area contributed by atoms with Crippen LogP contribution in [0.2, 0.25) is 5.02 Å². The van der Waals surface area contributed by atoms with E-state index in [0.29, 0.717) is 17.3 Å². The first-order valence-electron chi connectivity index (χ1n) is 6.88. The van der Waals surface area contributed by atoms with Crippen molar-refractivity contribution in [2.75, 3.05) is 5.32 Å². The fraction of sp³-hybridized carbons (Fsp3) is 0.118. The van der Waals surface area contributed by atoms with Gasteiger partial charge in [-0.15, -0.1) is 0 Å². The van der Waals surface area contributed by atoms with E-state index in [1.54, 1.807) is 16.7 Å². The number of fused-ring (bicyclic) bond motifs is 1. The Bertz CT molecular complexity index is 855. The molecular formula is C17H15ClN2O2. The van der Waals surface area contributed by atoms with Crippen molar-refractivity contribution in [2.24, 2.45) is 0 Å². The van der Waals surface area contributed by atoms with Crippen LogP contribution in [0.25, 0.3) is 5.52 Å². The molecule has 22 heavy (non-hydrogen) atoms. The summed E-state index contributed by atoms with van der Waals surface area (Å²) in [7, 11) is 0. The van der Waals surface area contributed by atoms with Gasteiger partial charge in [0.15, 0.2) is 5.69 Å². The molecule has 112 valence electrons. The van der Waals surface area contributed by atoms with Crippen LogP contribution in [0.5, 0.6) is 0 Å². The number of hydrogen-bond acceptors (Lipinski definition) is 2. The second-order valence-electron chi connectivity index (χ2n) is 5.13. The fourth-order valence-electron chi connectivity index (χ4n) is 2.52. The van der Waals surface area contributed by atoms with Crippen molar-refractivity contribution in [3.05, 3.63) is 70.5 Å². The van der Waals surface area contributed by atoms with Crippen LogP contribution in [0.15, 0.2) is 48.7 Å². The van der Waals surface area contributed by atoms with Crippen molar-refractivity contribution < 1.29 is 9.90 Å². The minimum absolute atomic E-state index is 0.231. The molecule has 2 aromatic heterocycles. The smallest absolute Gasteiger partial charge is 0.355 e. The van der Waals surface area contributed by atoms with Crippen molar-refractivity contribution in [2.45, 2.75) is 13.5 Å². The maximum atomic E-state index is 11.6. The number of pyridine rings is 1. The number of carbonyl (C=O) groups is 1. The van der Waals surface area contributed by atoms with Crippen LogP contribution in [0.3, 0.4) is 0 Å². The van der Waals surface area contributed by atoms with Gasteiger partial charge in [0.1, 0.15) is 0 Å². The molecule has 5 heteroatoms. The second-order valence-corrected chi connectivity index (χ2v) is 5.56. The van der Waals surface area contributed by atoms with Crippen LogP contribution in [0.1, 0.15) is 21.6 Å². The zero-order chi connectivity index (χ0) is 15.7. The van der Waals surface area contributed by atoms with Crippen LogP contribution in [-0.2, 0) is 6.54 Å². The van der Waals surface area contributed by atoms with Gasteiger partial charge in [0, 0.05) is 23.3 Å². The Morgan fingerprint density at radius 2 is 2.09 bits per heavy atom. The Morgan fingerprint density at radius 3 is 2.82 bits per heavy atom. The Hall–Kier alpha value is -2.46. The van der Waals surface area contributed by atoms with Crippen molar-refractivity contribution >= 4 is 28.8 Å². The van der Waals surface area contributed by atoms with Crippen LogP contribution >= 0.6 is 11.6 Å². The van der Waals surface area contributed by atoms with E-state index in [1.807, 2.05) is 43.3 Å². The normalized spacial score (nSPS) is 10.8. The van der Waals surface area contributed by atoms with E-state index in [-0.39, 0.29) is 5.69 Å². The van der Waals surface area contributed by atoms with E-state index >= 15 is 0 Å². The Labute approximate surface area is 133 Å². The molecule has 0 radical (unpaired) electrons. The predicted octanol–water partition coefficient (Wildman–Crippen LogP) is 4.21. The Morgan fingerprint density at radius 1 is 1.27 bits per heavy atom. The summed E-state index contributed by atoms with van der Waals surface area (Å²) in [6.45, 7) is 2.52. The quantitative estimate of drug-likeness (QED) is 0.758. The maximum absolute atomic E-state index is 11.6. The molecule has 0 saturated heterocycles. The lowest BCUT2D eigenvalue weighted by molar-refractivity contribution is 0.0690. The molecule has 0 unspecified atom stereocenters. The molecule has 3 aromatic rings. The monoisotopic (exact) mass is 314 g/mol. The highest BCUT2D eigenvalue weighted by Crippen LogP contribution is 2.21. The standard InChI is InChI=1S/C17H15ClN2O2/c1-11-9-13(18)5-4-12(11)10-19-15-7-6-14-3-2-8-20(14)16(15)17(21)22/h2-9,19H,10H2,1H3,(H,21,22). The lowest BCUT2D eigenvalue weighted by Crippen LogP contribution is -2.11. The number of carboxylic acid groups (broad SMARTS) is 1. The number of aryl methyl sites for hydroxylation is 1. The molecule has 0 amide bonds. The zero-order valence-corrected chi connectivity index (χ0v) is 12.8. The summed E-state index contributed by atoms with van der Waals surface area (Å²) in [5.74, 6) is -0.961. The molecule has 2 heterocycles. The molecule has 0 fully saturated rings. The largest absolute Gasteiger partial charge is 0.476 e. The molecule has 1 aromatic carbocycles. The minimum atomic E-state index is -0.961. The number of aromatic nitrogens is 1. The highest BCUT2D eigenvalue weighted by atomic mass is 35.5. The van der Waals surface area contributed by atoms with Gasteiger partial charge in [-0.05, 0) is 54.4 Å². The van der Waals surface area contributed by atoms with Crippen molar-refractivity contribution in [1.82, 2.24) is 4.40 Å². The van der Waals surface area contributed by atoms with Crippen LogP contribution < -0.4 is 5.32 Å². The van der Waals surface area contributed by atoms with Gasteiger partial charge in [-0.2, -0.15) is 0 Å². The van der Waals surface area contributed by atoms with Crippen molar-refractivity contribution in [3.8, 4) is 0 Å². The summed E-state index contributed by atoms with van der Waals surface area (Å²) < 4.78 is 1.67. The number of rotatable bonds is 4. The molecule has 4 nitrogen and oxygen atoms in total. The molecule has 0 aliphatic heterocycles. The summed E-state index contributed by atoms with van der Waals surface area (Å²) in [4.78, 5) is 11.6. The highest BCUT2D eigenvalue weighted by molar-refractivity contribution is 6.30. The maximum Gasteiger partial charge on any atom is 0.355 e. The number of aromatic carboxylic acids is 1. The summed E-state index contributed by atoms with van der Waals surface area (Å²) in [5, 5.41) is 13.4. The van der Waals surface area contributed by atoms with Gasteiger partial charge in [-0.3, -0.25) is 0 Å². The van der Waals surface area contributed by atoms with Crippen LogP contribution in [0, 0.1) is 6.92 Å². The predicted molar refractivity (Wildman–Crippen MR) is 87.9 cm³/mol. The lowest BCUT2D eigenvalue weighted by Gasteiger charge is -2.13. The lowest BCUT2D eigenvalue weighted by atomic mass is 10.1. The average Bonchev–Trinajstić information content (AvgIpc) is 2.93. The van der Waals surface area contributed by atoms with E-state index < -0.39 is 5.97 Å². The summed E-state index contributed by atoms with van der Waals surface area (Å²) >= 11 is 5.95.